The molecule has 0 fully saturated rings. The van der Waals surface area contributed by atoms with Gasteiger partial charge in [0.05, 0.1) is 12.6 Å². The summed E-state index contributed by atoms with van der Waals surface area (Å²) in [6.45, 7) is 1.33. The van der Waals surface area contributed by atoms with E-state index < -0.39 is 0 Å². The lowest BCUT2D eigenvalue weighted by molar-refractivity contribution is 0.183. The van der Waals surface area contributed by atoms with Gasteiger partial charge < -0.3 is 15.8 Å². The fourth-order valence-corrected chi connectivity index (χ4v) is 1.28. The van der Waals surface area contributed by atoms with Gasteiger partial charge in [-0.25, -0.2) is 0 Å². The van der Waals surface area contributed by atoms with Crippen LogP contribution in [0.4, 0.5) is 5.69 Å². The number of anilines is 1. The number of nitrogens with two attached hydrogens (primary N) is 1. The van der Waals surface area contributed by atoms with Crippen LogP contribution in [0.25, 0.3) is 0 Å². The number of nitrogens with one attached hydrogen (secondary N) is 1. The van der Waals surface area contributed by atoms with Crippen LogP contribution in [0.15, 0.2) is 24.5 Å². The van der Waals surface area contributed by atoms with Gasteiger partial charge in [-0.2, -0.15) is 0 Å². The van der Waals surface area contributed by atoms with Gasteiger partial charge in [-0.15, -0.1) is 0 Å². The van der Waals surface area contributed by atoms with Crippen molar-refractivity contribution in [2.75, 3.05) is 25.6 Å². The first-order chi connectivity index (χ1) is 6.86. The Labute approximate surface area is 84.5 Å². The zero-order valence-electron chi connectivity index (χ0n) is 8.44. The van der Waals surface area contributed by atoms with Crippen molar-refractivity contribution in [3.8, 4) is 0 Å². The minimum atomic E-state index is 0.271. The van der Waals surface area contributed by atoms with Gasteiger partial charge in [-0.05, 0) is 25.1 Å². The lowest BCUT2D eigenvalue weighted by atomic mass is 10.2. The van der Waals surface area contributed by atoms with E-state index in [-0.39, 0.29) is 6.04 Å². The normalized spacial score (nSPS) is 12.4. The zero-order chi connectivity index (χ0) is 10.2. The Bertz CT molecular complexity index is 234. The van der Waals surface area contributed by atoms with Crippen molar-refractivity contribution < 1.29 is 4.74 Å². The summed E-state index contributed by atoms with van der Waals surface area (Å²) in [7, 11) is 1.69. The number of hydrogen-bond acceptors (Lipinski definition) is 4. The highest BCUT2D eigenvalue weighted by molar-refractivity contribution is 5.41. The van der Waals surface area contributed by atoms with Crippen LogP contribution in [-0.2, 0) is 4.74 Å². The third kappa shape index (κ3) is 3.72. The van der Waals surface area contributed by atoms with E-state index >= 15 is 0 Å². The summed E-state index contributed by atoms with van der Waals surface area (Å²) in [6.07, 6.45) is 4.42. The van der Waals surface area contributed by atoms with E-state index in [1.807, 2.05) is 12.1 Å². The van der Waals surface area contributed by atoms with E-state index in [0.29, 0.717) is 13.2 Å². The highest BCUT2D eigenvalue weighted by atomic mass is 16.5. The maximum Gasteiger partial charge on any atom is 0.0664 e. The average Bonchev–Trinajstić information content (AvgIpc) is 2.20. The molecule has 0 aliphatic carbocycles. The molecule has 1 aromatic heterocycles. The largest absolute Gasteiger partial charge is 0.383 e. The summed E-state index contributed by atoms with van der Waals surface area (Å²) in [5.74, 6) is 0. The number of methoxy groups -OCH3 is 1. The second-order valence-electron chi connectivity index (χ2n) is 3.11. The Morgan fingerprint density at radius 1 is 1.50 bits per heavy atom. The summed E-state index contributed by atoms with van der Waals surface area (Å²) in [6, 6.07) is 4.13. The predicted octanol–water partition coefficient (Wildman–Crippen LogP) is 0.857. The van der Waals surface area contributed by atoms with Gasteiger partial charge in [-0.1, -0.05) is 0 Å². The highest BCUT2D eigenvalue weighted by Crippen LogP contribution is 2.07. The third-order valence-electron chi connectivity index (χ3n) is 1.93. The van der Waals surface area contributed by atoms with Crippen LogP contribution in [0.1, 0.15) is 6.42 Å². The second-order valence-corrected chi connectivity index (χ2v) is 3.11. The topological polar surface area (TPSA) is 60.2 Å². The van der Waals surface area contributed by atoms with Crippen LogP contribution in [0.5, 0.6) is 0 Å². The first-order valence-electron chi connectivity index (χ1n) is 4.72. The molecule has 0 radical (unpaired) electrons. The molecule has 1 heterocycles. The number of ether oxygens (including phenoxy) is 1. The lowest BCUT2D eigenvalue weighted by Crippen LogP contribution is -2.27. The molecule has 0 spiro atoms. The van der Waals surface area contributed by atoms with E-state index in [1.54, 1.807) is 19.5 Å². The van der Waals surface area contributed by atoms with Crippen LogP contribution in [0.3, 0.4) is 0 Å². The minimum Gasteiger partial charge on any atom is -0.383 e. The molecule has 0 aliphatic heterocycles. The first-order valence-corrected chi connectivity index (χ1v) is 4.72. The smallest absolute Gasteiger partial charge is 0.0664 e. The molecule has 1 aromatic rings. The van der Waals surface area contributed by atoms with Gasteiger partial charge in [0.25, 0.3) is 0 Å². The van der Waals surface area contributed by atoms with Crippen molar-refractivity contribution in [1.29, 1.82) is 0 Å². The molecule has 4 heteroatoms. The van der Waals surface area contributed by atoms with E-state index in [9.17, 15) is 0 Å². The lowest BCUT2D eigenvalue weighted by Gasteiger charge is -2.17. The van der Waals surface area contributed by atoms with Crippen LogP contribution >= 0.6 is 0 Å². The molecule has 0 aromatic carbocycles. The van der Waals surface area contributed by atoms with Crippen molar-refractivity contribution >= 4 is 5.69 Å². The molecule has 4 nitrogen and oxygen atoms in total. The molecule has 1 unspecified atom stereocenters. The summed E-state index contributed by atoms with van der Waals surface area (Å²) in [5, 5.41) is 3.34. The Kier molecular flexibility index (Phi) is 4.96. The maximum absolute atomic E-state index is 5.51. The highest BCUT2D eigenvalue weighted by Gasteiger charge is 2.06. The molecular formula is C10H17N3O. The number of nitrogens with zero attached hydrogens (tertiary/aromatic N) is 1. The molecule has 78 valence electrons. The summed E-state index contributed by atoms with van der Waals surface area (Å²) >= 11 is 0. The van der Waals surface area contributed by atoms with Gasteiger partial charge in [0.15, 0.2) is 0 Å². The third-order valence-corrected chi connectivity index (χ3v) is 1.93. The van der Waals surface area contributed by atoms with Gasteiger partial charge >= 0.3 is 0 Å². The molecule has 0 bridgehead atoms. The molecule has 1 rings (SSSR count). The Morgan fingerprint density at radius 2 is 2.21 bits per heavy atom. The van der Waals surface area contributed by atoms with Crippen molar-refractivity contribution in [3.63, 3.8) is 0 Å². The second kappa shape index (κ2) is 6.34. The Morgan fingerprint density at radius 3 is 2.79 bits per heavy atom. The molecule has 3 N–H and O–H groups in total. The predicted molar refractivity (Wildman–Crippen MR) is 57.2 cm³/mol. The number of hydrogen-bond donors (Lipinski definition) is 2. The van der Waals surface area contributed by atoms with Crippen molar-refractivity contribution in [1.82, 2.24) is 4.98 Å². The molecule has 1 atom stereocenters. The molecule has 0 saturated heterocycles. The zero-order valence-corrected chi connectivity index (χ0v) is 8.44. The van der Waals surface area contributed by atoms with Crippen LogP contribution < -0.4 is 11.1 Å². The van der Waals surface area contributed by atoms with Gasteiger partial charge in [0.2, 0.25) is 0 Å². The van der Waals surface area contributed by atoms with Crippen molar-refractivity contribution in [3.05, 3.63) is 24.5 Å². The molecule has 14 heavy (non-hydrogen) atoms. The van der Waals surface area contributed by atoms with Gasteiger partial charge in [0.1, 0.15) is 0 Å². The molecule has 0 saturated carbocycles. The van der Waals surface area contributed by atoms with Crippen molar-refractivity contribution in [2.45, 2.75) is 12.5 Å². The van der Waals surface area contributed by atoms with Gasteiger partial charge in [0, 0.05) is 25.2 Å². The Balaban J connectivity index is 2.46. The van der Waals surface area contributed by atoms with Gasteiger partial charge in [-0.3, -0.25) is 4.98 Å². The van der Waals surface area contributed by atoms with Crippen LogP contribution in [0.2, 0.25) is 0 Å². The quantitative estimate of drug-likeness (QED) is 0.706. The summed E-state index contributed by atoms with van der Waals surface area (Å²) in [5.41, 5.74) is 6.56. The Hall–Kier alpha value is -1.13. The first kappa shape index (κ1) is 10.9. The minimum absolute atomic E-state index is 0.271. The summed E-state index contributed by atoms with van der Waals surface area (Å²) < 4.78 is 5.10. The van der Waals surface area contributed by atoms with E-state index in [0.717, 1.165) is 12.1 Å². The van der Waals surface area contributed by atoms with Crippen molar-refractivity contribution in [2.24, 2.45) is 5.73 Å². The molecule has 0 aliphatic rings. The fraction of sp³-hybridized carbons (Fsp3) is 0.500. The van der Waals surface area contributed by atoms with E-state index in [2.05, 4.69) is 10.3 Å². The van der Waals surface area contributed by atoms with Crippen LogP contribution in [0, 0.1) is 0 Å². The van der Waals surface area contributed by atoms with E-state index in [4.69, 9.17) is 10.5 Å². The summed E-state index contributed by atoms with van der Waals surface area (Å²) in [4.78, 5) is 3.95. The number of rotatable bonds is 6. The maximum atomic E-state index is 5.51. The SMILES string of the molecule is COCC(CCN)Nc1ccncc1. The molecular weight excluding hydrogens is 178 g/mol. The standard InChI is InChI=1S/C10H17N3O/c1-14-8-10(2-5-11)13-9-3-6-12-7-4-9/h3-4,6-7,10H,2,5,8,11H2,1H3,(H,12,13). The monoisotopic (exact) mass is 195 g/mol. The van der Waals surface area contributed by atoms with Crippen LogP contribution in [-0.4, -0.2) is 31.3 Å². The number of aromatic nitrogens is 1. The fourth-order valence-electron chi connectivity index (χ4n) is 1.28. The number of pyridine rings is 1. The molecule has 0 amide bonds. The van der Waals surface area contributed by atoms with E-state index in [1.165, 1.54) is 0 Å². The average molecular weight is 195 g/mol.